The van der Waals surface area contributed by atoms with Gasteiger partial charge in [0.15, 0.2) is 5.65 Å². The van der Waals surface area contributed by atoms with Crippen LogP contribution < -0.4 is 4.90 Å². The van der Waals surface area contributed by atoms with Crippen molar-refractivity contribution in [3.63, 3.8) is 0 Å². The van der Waals surface area contributed by atoms with Crippen molar-refractivity contribution in [2.45, 2.75) is 40.0 Å². The summed E-state index contributed by atoms with van der Waals surface area (Å²) in [5, 5.41) is 0. The van der Waals surface area contributed by atoms with Crippen LogP contribution in [0, 0.1) is 20.8 Å². The summed E-state index contributed by atoms with van der Waals surface area (Å²) in [6.07, 6.45) is 3.91. The molecule has 0 radical (unpaired) electrons. The molecule has 0 atom stereocenters. The van der Waals surface area contributed by atoms with Crippen molar-refractivity contribution >= 4 is 11.5 Å². The van der Waals surface area contributed by atoms with Crippen molar-refractivity contribution in [2.75, 3.05) is 18.0 Å². The zero-order valence-corrected chi connectivity index (χ0v) is 11.4. The molecule has 0 unspecified atom stereocenters. The number of aromatic nitrogens is 3. The first-order chi connectivity index (χ1) is 8.66. The fraction of sp³-hybridized carbons (Fsp3) is 0.571. The first-order valence-electron chi connectivity index (χ1n) is 6.75. The molecule has 1 saturated heterocycles. The molecule has 2 aromatic rings. The Labute approximate surface area is 108 Å². The number of rotatable bonds is 1. The van der Waals surface area contributed by atoms with Gasteiger partial charge in [0.05, 0.1) is 5.69 Å². The molecular formula is C14H20N4. The van der Waals surface area contributed by atoms with Crippen LogP contribution in [0.5, 0.6) is 0 Å². The third kappa shape index (κ3) is 1.76. The molecule has 0 N–H and O–H groups in total. The highest BCUT2D eigenvalue weighted by molar-refractivity contribution is 5.54. The van der Waals surface area contributed by atoms with Crippen LogP contribution in [0.2, 0.25) is 0 Å². The van der Waals surface area contributed by atoms with Gasteiger partial charge in [-0.15, -0.1) is 0 Å². The van der Waals surface area contributed by atoms with Gasteiger partial charge in [-0.2, -0.15) is 0 Å². The Kier molecular flexibility index (Phi) is 2.73. The molecule has 1 aliphatic heterocycles. The van der Waals surface area contributed by atoms with Crippen LogP contribution >= 0.6 is 0 Å². The van der Waals surface area contributed by atoms with Crippen LogP contribution in [0.3, 0.4) is 0 Å². The van der Waals surface area contributed by atoms with E-state index in [0.29, 0.717) is 0 Å². The van der Waals surface area contributed by atoms with Gasteiger partial charge in [-0.1, -0.05) is 0 Å². The smallest absolute Gasteiger partial charge is 0.162 e. The van der Waals surface area contributed by atoms with E-state index in [9.17, 15) is 0 Å². The number of anilines is 1. The molecule has 4 nitrogen and oxygen atoms in total. The minimum Gasteiger partial charge on any atom is -0.356 e. The molecule has 3 rings (SSSR count). The predicted molar refractivity (Wildman–Crippen MR) is 73.3 cm³/mol. The van der Waals surface area contributed by atoms with E-state index in [4.69, 9.17) is 4.98 Å². The van der Waals surface area contributed by atoms with E-state index in [1.165, 1.54) is 25.0 Å². The van der Waals surface area contributed by atoms with E-state index < -0.39 is 0 Å². The minimum atomic E-state index is 1.01. The highest BCUT2D eigenvalue weighted by atomic mass is 15.2. The highest BCUT2D eigenvalue weighted by Gasteiger charge is 2.15. The van der Waals surface area contributed by atoms with Crippen molar-refractivity contribution in [3.8, 4) is 0 Å². The van der Waals surface area contributed by atoms with Gasteiger partial charge in [0.1, 0.15) is 11.6 Å². The number of fused-ring (bicyclic) bond motifs is 1. The van der Waals surface area contributed by atoms with E-state index in [0.717, 1.165) is 36.1 Å². The van der Waals surface area contributed by atoms with Crippen molar-refractivity contribution in [2.24, 2.45) is 0 Å². The van der Waals surface area contributed by atoms with Gasteiger partial charge < -0.3 is 4.90 Å². The van der Waals surface area contributed by atoms with Crippen LogP contribution in [-0.4, -0.2) is 27.5 Å². The zero-order chi connectivity index (χ0) is 12.7. The second kappa shape index (κ2) is 4.26. The molecule has 0 amide bonds. The number of hydrogen-bond donors (Lipinski definition) is 0. The van der Waals surface area contributed by atoms with Crippen LogP contribution in [0.25, 0.3) is 5.65 Å². The Bertz CT molecular complexity index is 579. The highest BCUT2D eigenvalue weighted by Crippen LogP contribution is 2.22. The van der Waals surface area contributed by atoms with E-state index in [2.05, 4.69) is 27.3 Å². The SMILES string of the molecule is Cc1nc(C)n2c(C)cc(N3CCCCC3)nc12. The third-order valence-electron chi connectivity index (χ3n) is 3.78. The van der Waals surface area contributed by atoms with E-state index in [1.807, 2.05) is 13.8 Å². The van der Waals surface area contributed by atoms with Crippen LogP contribution in [0.1, 0.15) is 36.5 Å². The van der Waals surface area contributed by atoms with Gasteiger partial charge in [0.2, 0.25) is 0 Å². The Balaban J connectivity index is 2.11. The number of nitrogens with zero attached hydrogens (tertiary/aromatic N) is 4. The third-order valence-corrected chi connectivity index (χ3v) is 3.78. The monoisotopic (exact) mass is 244 g/mol. The molecular weight excluding hydrogens is 224 g/mol. The Morgan fingerprint density at radius 1 is 1.00 bits per heavy atom. The second-order valence-electron chi connectivity index (χ2n) is 5.21. The lowest BCUT2D eigenvalue weighted by Gasteiger charge is -2.28. The Morgan fingerprint density at radius 2 is 1.72 bits per heavy atom. The molecule has 3 heterocycles. The number of piperidine rings is 1. The molecule has 0 aromatic carbocycles. The number of imidazole rings is 1. The molecule has 18 heavy (non-hydrogen) atoms. The largest absolute Gasteiger partial charge is 0.356 e. The van der Waals surface area contributed by atoms with Crippen LogP contribution in [0.15, 0.2) is 6.07 Å². The second-order valence-corrected chi connectivity index (χ2v) is 5.21. The van der Waals surface area contributed by atoms with E-state index in [-0.39, 0.29) is 0 Å². The maximum atomic E-state index is 4.81. The summed E-state index contributed by atoms with van der Waals surface area (Å²) in [7, 11) is 0. The van der Waals surface area contributed by atoms with Gasteiger partial charge >= 0.3 is 0 Å². The lowest BCUT2D eigenvalue weighted by Crippen LogP contribution is -2.30. The minimum absolute atomic E-state index is 1.01. The average molecular weight is 244 g/mol. The lowest BCUT2D eigenvalue weighted by atomic mass is 10.1. The summed E-state index contributed by atoms with van der Waals surface area (Å²) >= 11 is 0. The van der Waals surface area contributed by atoms with E-state index in [1.54, 1.807) is 0 Å². The van der Waals surface area contributed by atoms with E-state index >= 15 is 0 Å². The normalized spacial score (nSPS) is 16.5. The average Bonchev–Trinajstić information content (AvgIpc) is 2.66. The van der Waals surface area contributed by atoms with Gasteiger partial charge in [0, 0.05) is 24.8 Å². The molecule has 1 fully saturated rings. The standard InChI is InChI=1S/C14H20N4/c1-10-9-13(17-7-5-4-6-8-17)16-14-11(2)15-12(3)18(10)14/h9H,4-8H2,1-3H3. The topological polar surface area (TPSA) is 33.4 Å². The number of aryl methyl sites for hydroxylation is 3. The van der Waals surface area contributed by atoms with Crippen LogP contribution in [0.4, 0.5) is 5.82 Å². The summed E-state index contributed by atoms with van der Waals surface area (Å²) in [5.74, 6) is 2.14. The van der Waals surface area contributed by atoms with Gasteiger partial charge in [-0.3, -0.25) is 4.40 Å². The molecule has 96 valence electrons. The van der Waals surface area contributed by atoms with Gasteiger partial charge in [-0.05, 0) is 40.0 Å². The first kappa shape index (κ1) is 11.5. The number of hydrogen-bond acceptors (Lipinski definition) is 3. The molecule has 0 saturated carbocycles. The maximum Gasteiger partial charge on any atom is 0.162 e. The fourth-order valence-electron chi connectivity index (χ4n) is 2.89. The van der Waals surface area contributed by atoms with Gasteiger partial charge in [-0.25, -0.2) is 9.97 Å². The van der Waals surface area contributed by atoms with Crippen molar-refractivity contribution < 1.29 is 0 Å². The Morgan fingerprint density at radius 3 is 2.44 bits per heavy atom. The fourth-order valence-corrected chi connectivity index (χ4v) is 2.89. The molecule has 0 bridgehead atoms. The van der Waals surface area contributed by atoms with Crippen LogP contribution in [-0.2, 0) is 0 Å². The van der Waals surface area contributed by atoms with Gasteiger partial charge in [0.25, 0.3) is 0 Å². The molecule has 0 spiro atoms. The molecule has 0 aliphatic carbocycles. The molecule has 1 aliphatic rings. The molecule has 2 aromatic heterocycles. The zero-order valence-electron chi connectivity index (χ0n) is 11.4. The van der Waals surface area contributed by atoms with Crippen molar-refractivity contribution in [1.82, 2.24) is 14.4 Å². The maximum absolute atomic E-state index is 4.81. The predicted octanol–water partition coefficient (Wildman–Crippen LogP) is 2.64. The summed E-state index contributed by atoms with van der Waals surface area (Å²) in [4.78, 5) is 11.7. The summed E-state index contributed by atoms with van der Waals surface area (Å²) in [5.41, 5.74) is 3.25. The molecule has 4 heteroatoms. The first-order valence-corrected chi connectivity index (χ1v) is 6.75. The summed E-state index contributed by atoms with van der Waals surface area (Å²) < 4.78 is 2.14. The summed E-state index contributed by atoms with van der Waals surface area (Å²) in [6.45, 7) is 8.48. The van der Waals surface area contributed by atoms with Crippen molar-refractivity contribution in [1.29, 1.82) is 0 Å². The lowest BCUT2D eigenvalue weighted by molar-refractivity contribution is 0.573. The summed E-state index contributed by atoms with van der Waals surface area (Å²) in [6, 6.07) is 2.19. The van der Waals surface area contributed by atoms with Crippen molar-refractivity contribution in [3.05, 3.63) is 23.3 Å². The Hall–Kier alpha value is -1.58. The quantitative estimate of drug-likeness (QED) is 0.773.